The number of methoxy groups -OCH3 is 1. The van der Waals surface area contributed by atoms with E-state index in [0.29, 0.717) is 0 Å². The monoisotopic (exact) mass is 213 g/mol. The maximum absolute atomic E-state index is 13.0. The number of ether oxygens (including phenoxy) is 1. The first kappa shape index (κ1) is 10.7. The highest BCUT2D eigenvalue weighted by Gasteiger charge is 2.90. The van der Waals surface area contributed by atoms with Crippen LogP contribution in [0.2, 0.25) is 0 Å². The number of hydrogen-bond acceptors (Lipinski definition) is 3. The molecule has 0 aromatic heterocycles. The number of carbonyl (C=O) groups excluding carboxylic acids is 1. The van der Waals surface area contributed by atoms with Gasteiger partial charge in [-0.25, -0.2) is 8.78 Å². The maximum Gasteiger partial charge on any atom is 0.318 e. The maximum atomic E-state index is 13.0. The first-order valence-corrected chi connectivity index (χ1v) is 3.65. The normalized spacial score (nSPS) is 43.7. The molecule has 0 saturated heterocycles. The molecule has 2 bridgehead atoms. The molecule has 13 heavy (non-hydrogen) atoms. The van der Waals surface area contributed by atoms with Crippen molar-refractivity contribution in [2.45, 2.75) is 24.3 Å². The van der Waals surface area contributed by atoms with Crippen LogP contribution in [0.15, 0.2) is 0 Å². The molecule has 0 aliphatic heterocycles. The Labute approximate surface area is 80.0 Å². The second-order valence-electron chi connectivity index (χ2n) is 3.66. The summed E-state index contributed by atoms with van der Waals surface area (Å²) in [5, 5.41) is 0. The Balaban J connectivity index is 0.000000845. The van der Waals surface area contributed by atoms with Gasteiger partial charge in [-0.15, -0.1) is 12.4 Å². The molecule has 3 rings (SSSR count). The molecule has 2 N–H and O–H groups in total. The fourth-order valence-electron chi connectivity index (χ4n) is 2.20. The van der Waals surface area contributed by atoms with Crippen molar-refractivity contribution in [2.75, 3.05) is 7.11 Å². The average Bonchev–Trinajstić information content (AvgIpc) is 1.98. The molecule has 3 nitrogen and oxygen atoms in total. The number of hydrogen-bond donors (Lipinski definition) is 1. The summed E-state index contributed by atoms with van der Waals surface area (Å²) in [7, 11) is 1.11. The van der Waals surface area contributed by atoms with E-state index in [1.807, 2.05) is 0 Å². The summed E-state index contributed by atoms with van der Waals surface area (Å²) in [6.07, 6.45) is 0.110. The molecule has 0 unspecified atom stereocenters. The number of carbonyl (C=O) groups is 1. The zero-order chi connectivity index (χ0) is 9.20. The molecule has 3 aliphatic carbocycles. The Morgan fingerprint density at radius 2 is 1.92 bits per heavy atom. The largest absolute Gasteiger partial charge is 0.468 e. The average molecular weight is 214 g/mol. The predicted molar refractivity (Wildman–Crippen MR) is 42.8 cm³/mol. The third-order valence-corrected chi connectivity index (χ3v) is 3.04. The van der Waals surface area contributed by atoms with Gasteiger partial charge in [-0.1, -0.05) is 0 Å². The van der Waals surface area contributed by atoms with Crippen LogP contribution in [-0.4, -0.2) is 24.5 Å². The van der Waals surface area contributed by atoms with Gasteiger partial charge in [0.05, 0.1) is 12.6 Å². The highest BCUT2D eigenvalue weighted by atomic mass is 35.5. The summed E-state index contributed by atoms with van der Waals surface area (Å²) in [6, 6.07) is 0. The van der Waals surface area contributed by atoms with Crippen molar-refractivity contribution in [2.24, 2.45) is 11.1 Å². The van der Waals surface area contributed by atoms with Gasteiger partial charge in [-0.2, -0.15) is 0 Å². The third-order valence-electron chi connectivity index (χ3n) is 3.04. The van der Waals surface area contributed by atoms with Gasteiger partial charge in [0.25, 0.3) is 5.92 Å². The molecule has 0 aromatic rings. The SMILES string of the molecule is COC(=O)C12CC(N)(C1)C2(F)F.Cl. The molecule has 0 amide bonds. The molecule has 0 spiro atoms. The van der Waals surface area contributed by atoms with Crippen molar-refractivity contribution in [3.05, 3.63) is 0 Å². The van der Waals surface area contributed by atoms with Crippen LogP contribution in [0, 0.1) is 5.41 Å². The zero-order valence-corrected chi connectivity index (χ0v) is 7.79. The first-order chi connectivity index (χ1) is 5.40. The van der Waals surface area contributed by atoms with Gasteiger partial charge < -0.3 is 10.5 Å². The van der Waals surface area contributed by atoms with E-state index in [4.69, 9.17) is 5.73 Å². The minimum absolute atomic E-state index is 0. The third kappa shape index (κ3) is 0.753. The van der Waals surface area contributed by atoms with Crippen LogP contribution in [0.3, 0.4) is 0 Å². The summed E-state index contributed by atoms with van der Waals surface area (Å²) in [4.78, 5) is 11.0. The molecule has 76 valence electrons. The topological polar surface area (TPSA) is 52.3 Å². The lowest BCUT2D eigenvalue weighted by atomic mass is 9.36. The summed E-state index contributed by atoms with van der Waals surface area (Å²) in [6.45, 7) is 0. The fraction of sp³-hybridized carbons (Fsp3) is 0.857. The number of nitrogens with two attached hydrogens (primary N) is 1. The van der Waals surface area contributed by atoms with E-state index in [1.165, 1.54) is 0 Å². The second-order valence-corrected chi connectivity index (χ2v) is 3.66. The zero-order valence-electron chi connectivity index (χ0n) is 6.97. The Morgan fingerprint density at radius 1 is 1.46 bits per heavy atom. The van der Waals surface area contributed by atoms with Crippen molar-refractivity contribution in [1.82, 2.24) is 0 Å². The van der Waals surface area contributed by atoms with Gasteiger partial charge in [0, 0.05) is 0 Å². The van der Waals surface area contributed by atoms with Gasteiger partial charge in [0.1, 0.15) is 5.41 Å². The van der Waals surface area contributed by atoms with Crippen LogP contribution in [0.5, 0.6) is 0 Å². The van der Waals surface area contributed by atoms with E-state index in [9.17, 15) is 13.6 Å². The van der Waals surface area contributed by atoms with Crippen molar-refractivity contribution < 1.29 is 18.3 Å². The minimum Gasteiger partial charge on any atom is -0.468 e. The van der Waals surface area contributed by atoms with Crippen LogP contribution in [-0.2, 0) is 9.53 Å². The second kappa shape index (κ2) is 2.33. The number of halogens is 3. The Bertz CT molecular complexity index is 263. The molecule has 6 heteroatoms. The molecule has 0 heterocycles. The van der Waals surface area contributed by atoms with Crippen molar-refractivity contribution >= 4 is 18.4 Å². The number of esters is 1. The predicted octanol–water partition coefficient (Wildman–Crippen LogP) is 0.708. The van der Waals surface area contributed by atoms with Crippen LogP contribution in [0.4, 0.5) is 8.78 Å². The van der Waals surface area contributed by atoms with Gasteiger partial charge in [-0.3, -0.25) is 4.79 Å². The summed E-state index contributed by atoms with van der Waals surface area (Å²) in [5.74, 6) is -3.90. The van der Waals surface area contributed by atoms with Crippen molar-refractivity contribution in [3.8, 4) is 0 Å². The lowest BCUT2D eigenvalue weighted by molar-refractivity contribution is -0.349. The van der Waals surface area contributed by atoms with Crippen molar-refractivity contribution in [3.63, 3.8) is 0 Å². The molecule has 3 aliphatic rings. The van der Waals surface area contributed by atoms with Gasteiger partial charge in [0.15, 0.2) is 0 Å². The van der Waals surface area contributed by atoms with E-state index < -0.39 is 22.8 Å². The van der Waals surface area contributed by atoms with E-state index >= 15 is 0 Å². The smallest absolute Gasteiger partial charge is 0.318 e. The van der Waals surface area contributed by atoms with E-state index in [0.717, 1.165) is 7.11 Å². The Kier molecular flexibility index (Phi) is 1.91. The molecule has 0 radical (unpaired) electrons. The minimum atomic E-state index is -3.06. The molecule has 0 aromatic carbocycles. The van der Waals surface area contributed by atoms with E-state index in [-0.39, 0.29) is 25.2 Å². The van der Waals surface area contributed by atoms with Crippen LogP contribution in [0.25, 0.3) is 0 Å². The standard InChI is InChI=1S/C7H9F2NO2.ClH/c1-12-4(11)5-2-6(10,3-5)7(5,8)9;/h2-3,10H2,1H3;1H. The van der Waals surface area contributed by atoms with Crippen LogP contribution >= 0.6 is 12.4 Å². The van der Waals surface area contributed by atoms with Gasteiger partial charge >= 0.3 is 5.97 Å². The Morgan fingerprint density at radius 3 is 2.15 bits per heavy atom. The van der Waals surface area contributed by atoms with E-state index in [1.54, 1.807) is 0 Å². The molecular formula is C7H10ClF2NO2. The summed E-state index contributed by atoms with van der Waals surface area (Å²) in [5.41, 5.74) is 2.27. The van der Waals surface area contributed by atoms with Gasteiger partial charge in [0.2, 0.25) is 0 Å². The van der Waals surface area contributed by atoms with E-state index in [2.05, 4.69) is 4.74 Å². The lowest BCUT2D eigenvalue weighted by Gasteiger charge is -2.71. The highest BCUT2D eigenvalue weighted by molar-refractivity contribution is 5.85. The van der Waals surface area contributed by atoms with Gasteiger partial charge in [-0.05, 0) is 12.8 Å². The molecule has 3 saturated carbocycles. The number of alkyl halides is 2. The summed E-state index contributed by atoms with van der Waals surface area (Å²) < 4.78 is 30.4. The fourth-order valence-corrected chi connectivity index (χ4v) is 2.20. The molecular weight excluding hydrogens is 204 g/mol. The van der Waals surface area contributed by atoms with Crippen LogP contribution < -0.4 is 5.73 Å². The summed E-state index contributed by atoms with van der Waals surface area (Å²) >= 11 is 0. The molecule has 3 fully saturated rings. The Hall–Kier alpha value is -0.420. The first-order valence-electron chi connectivity index (χ1n) is 3.65. The van der Waals surface area contributed by atoms with Crippen LogP contribution in [0.1, 0.15) is 12.8 Å². The van der Waals surface area contributed by atoms with Crippen molar-refractivity contribution in [1.29, 1.82) is 0 Å². The highest BCUT2D eigenvalue weighted by Crippen LogP contribution is 2.75. The lowest BCUT2D eigenvalue weighted by Crippen LogP contribution is -2.89. The molecule has 0 atom stereocenters. The number of rotatable bonds is 1. The quantitative estimate of drug-likeness (QED) is 0.653.